The molecule has 10 nitrogen and oxygen atoms in total. The lowest BCUT2D eigenvalue weighted by Gasteiger charge is -2.03. The first-order valence-corrected chi connectivity index (χ1v) is 10.6. The Hall–Kier alpha value is -2.80. The Kier molecular flexibility index (Phi) is 9.94. The highest BCUT2D eigenvalue weighted by atomic mass is 79.9. The van der Waals surface area contributed by atoms with Crippen molar-refractivity contribution in [2.24, 2.45) is 0 Å². The van der Waals surface area contributed by atoms with E-state index in [-0.39, 0.29) is 36.1 Å². The maximum atomic E-state index is 11.3. The van der Waals surface area contributed by atoms with Crippen molar-refractivity contribution in [1.82, 2.24) is 9.97 Å². The lowest BCUT2D eigenvalue weighted by molar-refractivity contribution is -0.387. The van der Waals surface area contributed by atoms with Crippen LogP contribution in [0.4, 0.5) is 11.4 Å². The van der Waals surface area contributed by atoms with Gasteiger partial charge in [0.05, 0.1) is 20.9 Å². The van der Waals surface area contributed by atoms with E-state index in [9.17, 15) is 30.1 Å². The molecule has 0 saturated carbocycles. The molecule has 0 radical (unpaired) electrons. The number of nitrogens with one attached hydrogen (secondary N) is 1. The van der Waals surface area contributed by atoms with Crippen LogP contribution < -0.4 is 5.56 Å². The van der Waals surface area contributed by atoms with Crippen LogP contribution in [0, 0.1) is 20.2 Å². The predicted molar refractivity (Wildman–Crippen MR) is 140 cm³/mol. The van der Waals surface area contributed by atoms with Crippen molar-refractivity contribution in [2.45, 2.75) is 14.9 Å². The topological polar surface area (TPSA) is 152 Å². The van der Waals surface area contributed by atoms with Crippen molar-refractivity contribution in [3.8, 4) is 5.75 Å². The van der Waals surface area contributed by atoms with Gasteiger partial charge in [0.1, 0.15) is 5.02 Å². The number of pyridine rings is 2. The first-order valence-electron chi connectivity index (χ1n) is 8.28. The standard InChI is InChI=1S/C9H3BrCl2N2O2.C9H5BrN2O4.2CH4/c10-4-1-2-6-5(3-4)7(11)8(14(15)16)9(12)13-6;10-4-1-2-6-5(3-4)8(13)7(12(15)16)9(14)11-6;;/h1-3H;1-3H,(H2,11,13,14);2*1H4. The molecule has 0 unspecified atom stereocenters. The number of benzene rings is 2. The monoisotopic (exact) mass is 636 g/mol. The van der Waals surface area contributed by atoms with E-state index in [0.717, 1.165) is 4.47 Å². The number of aromatic amines is 1. The Morgan fingerprint density at radius 2 is 1.44 bits per heavy atom. The van der Waals surface area contributed by atoms with E-state index in [1.54, 1.807) is 30.3 Å². The Balaban J connectivity index is 0.000000321. The zero-order valence-electron chi connectivity index (χ0n) is 15.3. The Bertz CT molecular complexity index is 1480. The van der Waals surface area contributed by atoms with Crippen LogP contribution in [0.15, 0.2) is 50.1 Å². The summed E-state index contributed by atoms with van der Waals surface area (Å²) in [5, 5.41) is 31.5. The molecule has 2 heterocycles. The van der Waals surface area contributed by atoms with Gasteiger partial charge in [-0.3, -0.25) is 25.0 Å². The number of nitrogens with zero attached hydrogens (tertiary/aromatic N) is 3. The van der Waals surface area contributed by atoms with Crippen LogP contribution in [-0.4, -0.2) is 24.9 Å². The van der Waals surface area contributed by atoms with Crippen LogP contribution in [-0.2, 0) is 0 Å². The highest BCUT2D eigenvalue weighted by molar-refractivity contribution is 9.10. The second-order valence-electron chi connectivity index (χ2n) is 6.08. The fourth-order valence-corrected chi connectivity index (χ4v) is 4.06. The number of hydrogen-bond donors (Lipinski definition) is 2. The smallest absolute Gasteiger partial charge is 0.375 e. The van der Waals surface area contributed by atoms with Crippen LogP contribution in [0.2, 0.25) is 10.2 Å². The van der Waals surface area contributed by atoms with Crippen molar-refractivity contribution in [3.05, 3.63) is 86.1 Å². The molecule has 14 heteroatoms. The summed E-state index contributed by atoms with van der Waals surface area (Å²) in [6, 6.07) is 9.80. The summed E-state index contributed by atoms with van der Waals surface area (Å²) < 4.78 is 1.41. The lowest BCUT2D eigenvalue weighted by Crippen LogP contribution is -2.11. The second kappa shape index (κ2) is 11.6. The third-order valence-electron chi connectivity index (χ3n) is 4.11. The summed E-state index contributed by atoms with van der Waals surface area (Å²) in [5.74, 6) is -0.620. The molecule has 0 aliphatic rings. The number of aromatic nitrogens is 2. The summed E-state index contributed by atoms with van der Waals surface area (Å²) in [6.45, 7) is 0. The van der Waals surface area contributed by atoms with Gasteiger partial charge in [-0.2, -0.15) is 0 Å². The average Bonchev–Trinajstić information content (AvgIpc) is 2.69. The molecule has 2 aromatic heterocycles. The first-order chi connectivity index (χ1) is 15.0. The molecule has 180 valence electrons. The molecule has 34 heavy (non-hydrogen) atoms. The number of rotatable bonds is 2. The molecule has 0 spiro atoms. The van der Waals surface area contributed by atoms with E-state index < -0.39 is 26.8 Å². The number of fused-ring (bicyclic) bond motifs is 2. The number of hydrogen-bond acceptors (Lipinski definition) is 7. The van der Waals surface area contributed by atoms with Gasteiger partial charge in [0, 0.05) is 19.7 Å². The molecular formula is C20H16Br2Cl2N4O6. The summed E-state index contributed by atoms with van der Waals surface area (Å²) in [5.41, 5.74) is -1.27. The van der Waals surface area contributed by atoms with Crippen molar-refractivity contribution >= 4 is 88.2 Å². The first kappa shape index (κ1) is 29.2. The molecule has 2 N–H and O–H groups in total. The molecule has 0 saturated heterocycles. The molecular weight excluding hydrogens is 623 g/mol. The van der Waals surface area contributed by atoms with Gasteiger partial charge >= 0.3 is 16.9 Å². The van der Waals surface area contributed by atoms with Crippen LogP contribution in [0.5, 0.6) is 5.75 Å². The fraction of sp³-hybridized carbons (Fsp3) is 0.100. The second-order valence-corrected chi connectivity index (χ2v) is 8.65. The van der Waals surface area contributed by atoms with Crippen LogP contribution in [0.1, 0.15) is 14.9 Å². The summed E-state index contributed by atoms with van der Waals surface area (Å²) in [4.78, 5) is 37.4. The number of H-pyrrole nitrogens is 1. The van der Waals surface area contributed by atoms with E-state index in [2.05, 4.69) is 41.8 Å². The van der Waals surface area contributed by atoms with Crippen LogP contribution in [0.25, 0.3) is 21.8 Å². The van der Waals surface area contributed by atoms with Crippen LogP contribution >= 0.6 is 55.1 Å². The van der Waals surface area contributed by atoms with Gasteiger partial charge in [-0.15, -0.1) is 0 Å². The van der Waals surface area contributed by atoms with Crippen molar-refractivity contribution in [2.75, 3.05) is 0 Å². The Morgan fingerprint density at radius 3 is 2.00 bits per heavy atom. The highest BCUT2D eigenvalue weighted by Crippen LogP contribution is 2.37. The number of aromatic hydroxyl groups is 1. The Morgan fingerprint density at radius 1 is 0.912 bits per heavy atom. The third-order valence-corrected chi connectivity index (χ3v) is 5.74. The van der Waals surface area contributed by atoms with Crippen molar-refractivity contribution in [1.29, 1.82) is 0 Å². The van der Waals surface area contributed by atoms with E-state index in [1.165, 1.54) is 6.07 Å². The lowest BCUT2D eigenvalue weighted by atomic mass is 10.2. The highest BCUT2D eigenvalue weighted by Gasteiger charge is 2.23. The van der Waals surface area contributed by atoms with Gasteiger partial charge in [0.15, 0.2) is 0 Å². The summed E-state index contributed by atoms with van der Waals surface area (Å²) in [7, 11) is 0. The summed E-state index contributed by atoms with van der Waals surface area (Å²) in [6.07, 6.45) is 0. The van der Waals surface area contributed by atoms with Gasteiger partial charge < -0.3 is 10.1 Å². The van der Waals surface area contributed by atoms with Crippen molar-refractivity contribution in [3.63, 3.8) is 0 Å². The third kappa shape index (κ3) is 5.81. The maximum Gasteiger partial charge on any atom is 0.375 e. The van der Waals surface area contributed by atoms with Crippen LogP contribution in [0.3, 0.4) is 0 Å². The van der Waals surface area contributed by atoms with Gasteiger partial charge in [-0.25, -0.2) is 4.98 Å². The quantitative estimate of drug-likeness (QED) is 0.132. The largest absolute Gasteiger partial charge is 0.501 e. The van der Waals surface area contributed by atoms with Gasteiger partial charge in [0.2, 0.25) is 10.9 Å². The minimum Gasteiger partial charge on any atom is -0.501 e. The number of nitro groups is 2. The van der Waals surface area contributed by atoms with E-state index in [0.29, 0.717) is 20.9 Å². The average molecular weight is 639 g/mol. The van der Waals surface area contributed by atoms with E-state index in [4.69, 9.17) is 23.2 Å². The van der Waals surface area contributed by atoms with Crippen molar-refractivity contribution < 1.29 is 15.0 Å². The van der Waals surface area contributed by atoms with Gasteiger partial charge in [0.25, 0.3) is 0 Å². The Labute approximate surface area is 219 Å². The normalized spacial score (nSPS) is 10.0. The molecule has 0 amide bonds. The molecule has 0 bridgehead atoms. The molecule has 4 aromatic rings. The molecule has 0 atom stereocenters. The molecule has 2 aromatic carbocycles. The molecule has 4 rings (SSSR count). The SMILES string of the molecule is C.C.O=[N+]([O-])c1c(Cl)nc2ccc(Br)cc2c1Cl.O=c1[nH]c2ccc(Br)cc2c(O)c1[N+](=O)[O-]. The van der Waals surface area contributed by atoms with Gasteiger partial charge in [-0.1, -0.05) is 69.9 Å². The molecule has 0 fully saturated rings. The van der Waals surface area contributed by atoms with E-state index >= 15 is 0 Å². The number of halogens is 4. The minimum absolute atomic E-state index is 0. The zero-order chi connectivity index (χ0) is 23.7. The maximum absolute atomic E-state index is 11.3. The minimum atomic E-state index is -0.919. The zero-order valence-corrected chi connectivity index (χ0v) is 20.0. The fourth-order valence-electron chi connectivity index (χ4n) is 2.72. The predicted octanol–water partition coefficient (Wildman–Crippen LogP) is 7.39. The molecule has 0 aliphatic carbocycles. The van der Waals surface area contributed by atoms with E-state index in [1.807, 2.05) is 0 Å². The molecule has 0 aliphatic heterocycles. The summed E-state index contributed by atoms with van der Waals surface area (Å²) >= 11 is 18.1. The van der Waals surface area contributed by atoms with Gasteiger partial charge in [-0.05, 0) is 36.4 Å².